The minimum Gasteiger partial charge on any atom is -0.469 e. The fourth-order valence-electron chi connectivity index (χ4n) is 2.73. The number of thiophene rings is 1. The van der Waals surface area contributed by atoms with Crippen LogP contribution in [-0.4, -0.2) is 22.4 Å². The molecule has 3 heterocycles. The standard InChI is InChI=1S/C19H23N3O2S/c1-11-14-12(2)21-18(19(3,4)5)22-17(14)25-15(11)16(23)20-9-8-13-7-6-10-24-13/h6-7,10H,8-9H2,1-5H3,(H,20,23). The van der Waals surface area contributed by atoms with Gasteiger partial charge in [0, 0.05) is 23.8 Å². The molecule has 0 aromatic carbocycles. The molecule has 0 unspecified atom stereocenters. The Bertz CT molecular complexity index is 905. The minimum absolute atomic E-state index is 0.0660. The SMILES string of the molecule is Cc1nc(C(C)(C)C)nc2sc(C(=O)NCCc3ccco3)c(C)c12. The van der Waals surface area contributed by atoms with Gasteiger partial charge in [0.05, 0.1) is 16.8 Å². The Morgan fingerprint density at radius 2 is 2.04 bits per heavy atom. The maximum absolute atomic E-state index is 12.6. The van der Waals surface area contributed by atoms with Crippen molar-refractivity contribution < 1.29 is 9.21 Å². The van der Waals surface area contributed by atoms with Gasteiger partial charge in [-0.25, -0.2) is 9.97 Å². The molecule has 0 atom stereocenters. The van der Waals surface area contributed by atoms with E-state index in [1.807, 2.05) is 26.0 Å². The third-order valence-corrected chi connectivity index (χ3v) is 5.27. The number of hydrogen-bond donors (Lipinski definition) is 1. The van der Waals surface area contributed by atoms with Crippen LogP contribution in [0, 0.1) is 13.8 Å². The molecule has 132 valence electrons. The van der Waals surface area contributed by atoms with Crippen molar-refractivity contribution in [3.05, 3.63) is 46.1 Å². The Balaban J connectivity index is 1.85. The Hall–Kier alpha value is -2.21. The van der Waals surface area contributed by atoms with E-state index in [0.29, 0.717) is 17.8 Å². The molecule has 0 spiro atoms. The van der Waals surface area contributed by atoms with Gasteiger partial charge in [0.25, 0.3) is 5.91 Å². The molecule has 3 rings (SSSR count). The highest BCUT2D eigenvalue weighted by molar-refractivity contribution is 7.20. The first-order valence-corrected chi connectivity index (χ1v) is 9.18. The summed E-state index contributed by atoms with van der Waals surface area (Å²) in [4.78, 5) is 23.5. The third kappa shape index (κ3) is 3.58. The van der Waals surface area contributed by atoms with Crippen LogP contribution in [-0.2, 0) is 11.8 Å². The zero-order valence-corrected chi connectivity index (χ0v) is 16.1. The van der Waals surface area contributed by atoms with Gasteiger partial charge < -0.3 is 9.73 Å². The summed E-state index contributed by atoms with van der Waals surface area (Å²) in [7, 11) is 0. The summed E-state index contributed by atoms with van der Waals surface area (Å²) in [6.07, 6.45) is 2.32. The van der Waals surface area contributed by atoms with Gasteiger partial charge >= 0.3 is 0 Å². The van der Waals surface area contributed by atoms with Crippen molar-refractivity contribution in [1.82, 2.24) is 15.3 Å². The monoisotopic (exact) mass is 357 g/mol. The Morgan fingerprint density at radius 3 is 2.68 bits per heavy atom. The van der Waals surface area contributed by atoms with E-state index in [9.17, 15) is 4.79 Å². The van der Waals surface area contributed by atoms with Crippen LogP contribution in [0.25, 0.3) is 10.2 Å². The molecule has 0 aliphatic rings. The molecule has 5 nitrogen and oxygen atoms in total. The molecule has 0 radical (unpaired) electrons. The molecule has 0 fully saturated rings. The zero-order valence-electron chi connectivity index (χ0n) is 15.3. The van der Waals surface area contributed by atoms with Crippen molar-refractivity contribution in [1.29, 1.82) is 0 Å². The first kappa shape index (κ1) is 17.6. The lowest BCUT2D eigenvalue weighted by atomic mass is 9.95. The fourth-order valence-corrected chi connectivity index (χ4v) is 3.87. The number of fused-ring (bicyclic) bond motifs is 1. The lowest BCUT2D eigenvalue weighted by molar-refractivity contribution is 0.0957. The van der Waals surface area contributed by atoms with Gasteiger partial charge in [-0.1, -0.05) is 20.8 Å². The van der Waals surface area contributed by atoms with Crippen molar-refractivity contribution in [3.8, 4) is 0 Å². The summed E-state index contributed by atoms with van der Waals surface area (Å²) in [5.41, 5.74) is 1.76. The predicted octanol–water partition coefficient (Wildman–Crippen LogP) is 4.17. The lowest BCUT2D eigenvalue weighted by Gasteiger charge is -2.16. The number of aromatic nitrogens is 2. The highest BCUT2D eigenvalue weighted by atomic mass is 32.1. The van der Waals surface area contributed by atoms with Gasteiger partial charge in [-0.3, -0.25) is 4.79 Å². The highest BCUT2D eigenvalue weighted by Crippen LogP contribution is 2.33. The van der Waals surface area contributed by atoms with E-state index in [0.717, 1.165) is 33.1 Å². The zero-order chi connectivity index (χ0) is 18.2. The van der Waals surface area contributed by atoms with Crippen molar-refractivity contribution in [2.24, 2.45) is 0 Å². The van der Waals surface area contributed by atoms with Gasteiger partial charge in [-0.05, 0) is 31.5 Å². The number of carbonyl (C=O) groups is 1. The van der Waals surface area contributed by atoms with E-state index in [4.69, 9.17) is 9.40 Å². The summed E-state index contributed by atoms with van der Waals surface area (Å²) in [6.45, 7) is 10.8. The summed E-state index contributed by atoms with van der Waals surface area (Å²) in [5.74, 6) is 1.61. The number of nitrogens with zero attached hydrogens (tertiary/aromatic N) is 2. The normalized spacial score (nSPS) is 11.9. The summed E-state index contributed by atoms with van der Waals surface area (Å²) >= 11 is 1.44. The average Bonchev–Trinajstić information content (AvgIpc) is 3.14. The smallest absolute Gasteiger partial charge is 0.261 e. The number of furan rings is 1. The molecule has 3 aromatic rings. The van der Waals surface area contributed by atoms with Crippen LogP contribution < -0.4 is 5.32 Å². The number of rotatable bonds is 4. The number of nitrogens with one attached hydrogen (secondary N) is 1. The Morgan fingerprint density at radius 1 is 1.28 bits per heavy atom. The van der Waals surface area contributed by atoms with Gasteiger partial charge in [0.2, 0.25) is 0 Å². The van der Waals surface area contributed by atoms with Crippen molar-refractivity contribution >= 4 is 27.5 Å². The van der Waals surface area contributed by atoms with E-state index in [1.54, 1.807) is 6.26 Å². The maximum atomic E-state index is 12.6. The minimum atomic E-state index is -0.123. The second kappa shape index (κ2) is 6.59. The predicted molar refractivity (Wildman–Crippen MR) is 100 cm³/mol. The second-order valence-electron chi connectivity index (χ2n) is 7.20. The maximum Gasteiger partial charge on any atom is 0.261 e. The molecule has 0 aliphatic heterocycles. The average molecular weight is 357 g/mol. The molecule has 3 aromatic heterocycles. The first-order valence-electron chi connectivity index (χ1n) is 8.36. The molecule has 6 heteroatoms. The third-order valence-electron chi connectivity index (χ3n) is 4.09. The van der Waals surface area contributed by atoms with Crippen LogP contribution >= 0.6 is 11.3 Å². The fraction of sp³-hybridized carbons (Fsp3) is 0.421. The molecule has 1 amide bonds. The van der Waals surface area contributed by atoms with Crippen LogP contribution in [0.2, 0.25) is 0 Å². The quantitative estimate of drug-likeness (QED) is 0.761. The van der Waals surface area contributed by atoms with Crippen LogP contribution in [0.1, 0.15) is 53.3 Å². The first-order chi connectivity index (χ1) is 11.8. The number of aryl methyl sites for hydroxylation is 2. The van der Waals surface area contributed by atoms with Gasteiger partial charge in [0.15, 0.2) is 0 Å². The van der Waals surface area contributed by atoms with E-state index in [1.165, 1.54) is 11.3 Å². The molecule has 1 N–H and O–H groups in total. The molecule has 0 saturated carbocycles. The van der Waals surface area contributed by atoms with E-state index < -0.39 is 0 Å². The van der Waals surface area contributed by atoms with E-state index in [-0.39, 0.29) is 11.3 Å². The summed E-state index contributed by atoms with van der Waals surface area (Å²) in [5, 5.41) is 3.96. The lowest BCUT2D eigenvalue weighted by Crippen LogP contribution is -2.25. The Kier molecular flexibility index (Phi) is 4.64. The molecule has 25 heavy (non-hydrogen) atoms. The van der Waals surface area contributed by atoms with Gasteiger partial charge in [-0.2, -0.15) is 0 Å². The summed E-state index contributed by atoms with van der Waals surface area (Å²) in [6, 6.07) is 3.76. The van der Waals surface area contributed by atoms with Gasteiger partial charge in [-0.15, -0.1) is 11.3 Å². The summed E-state index contributed by atoms with van der Waals surface area (Å²) < 4.78 is 5.29. The topological polar surface area (TPSA) is 68.0 Å². The van der Waals surface area contributed by atoms with Crippen LogP contribution in [0.15, 0.2) is 22.8 Å². The second-order valence-corrected chi connectivity index (χ2v) is 8.20. The van der Waals surface area contributed by atoms with Crippen molar-refractivity contribution in [2.75, 3.05) is 6.54 Å². The number of amides is 1. The molecule has 0 aliphatic carbocycles. The largest absolute Gasteiger partial charge is 0.469 e. The van der Waals surface area contributed by atoms with Crippen molar-refractivity contribution in [3.63, 3.8) is 0 Å². The van der Waals surface area contributed by atoms with Crippen LogP contribution in [0.3, 0.4) is 0 Å². The van der Waals surface area contributed by atoms with Gasteiger partial charge in [0.1, 0.15) is 16.4 Å². The van der Waals surface area contributed by atoms with E-state index >= 15 is 0 Å². The van der Waals surface area contributed by atoms with Crippen molar-refractivity contribution in [2.45, 2.75) is 46.5 Å². The highest BCUT2D eigenvalue weighted by Gasteiger charge is 2.23. The van der Waals surface area contributed by atoms with Crippen LogP contribution in [0.5, 0.6) is 0 Å². The number of carbonyl (C=O) groups excluding carboxylic acids is 1. The van der Waals surface area contributed by atoms with E-state index in [2.05, 4.69) is 31.1 Å². The number of hydrogen-bond acceptors (Lipinski definition) is 5. The molecule has 0 saturated heterocycles. The molecular formula is C19H23N3O2S. The molecular weight excluding hydrogens is 334 g/mol. The van der Waals surface area contributed by atoms with Crippen LogP contribution in [0.4, 0.5) is 0 Å². The Labute approximate surface area is 151 Å². The molecule has 0 bridgehead atoms.